The third-order valence-corrected chi connectivity index (χ3v) is 1.76. The number of alkyl halides is 1. The SMILES string of the molecule is FCc1cnccc1Br. The molecule has 0 N–H and O–H groups in total. The molecule has 0 saturated carbocycles. The highest BCUT2D eigenvalue weighted by molar-refractivity contribution is 9.10. The summed E-state index contributed by atoms with van der Waals surface area (Å²) < 4.78 is 12.7. The molecule has 0 unspecified atom stereocenters. The standard InChI is InChI=1S/C6H5BrFN/c7-6-1-2-9-4-5(6)3-8/h1-2,4H,3H2. The monoisotopic (exact) mass is 189 g/mol. The lowest BCUT2D eigenvalue weighted by molar-refractivity contribution is 0.483. The van der Waals surface area contributed by atoms with E-state index in [1.54, 1.807) is 12.3 Å². The van der Waals surface area contributed by atoms with Crippen LogP contribution in [0.3, 0.4) is 0 Å². The zero-order valence-corrected chi connectivity index (χ0v) is 6.23. The first-order valence-electron chi connectivity index (χ1n) is 2.49. The van der Waals surface area contributed by atoms with Crippen molar-refractivity contribution in [3.8, 4) is 0 Å². The summed E-state index contributed by atoms with van der Waals surface area (Å²) in [4.78, 5) is 3.75. The fraction of sp³-hybridized carbons (Fsp3) is 0.167. The van der Waals surface area contributed by atoms with Crippen LogP contribution in [0, 0.1) is 0 Å². The molecule has 0 atom stereocenters. The van der Waals surface area contributed by atoms with Gasteiger partial charge in [0.05, 0.1) is 0 Å². The van der Waals surface area contributed by atoms with Crippen LogP contribution >= 0.6 is 15.9 Å². The van der Waals surface area contributed by atoms with Crippen molar-refractivity contribution in [1.29, 1.82) is 0 Å². The van der Waals surface area contributed by atoms with Gasteiger partial charge in [0.15, 0.2) is 0 Å². The van der Waals surface area contributed by atoms with Crippen LogP contribution in [0.4, 0.5) is 4.39 Å². The van der Waals surface area contributed by atoms with Crippen molar-refractivity contribution in [2.45, 2.75) is 6.67 Å². The van der Waals surface area contributed by atoms with Gasteiger partial charge in [0.25, 0.3) is 0 Å². The van der Waals surface area contributed by atoms with E-state index in [1.165, 1.54) is 6.20 Å². The summed E-state index contributed by atoms with van der Waals surface area (Å²) in [5.74, 6) is 0. The van der Waals surface area contributed by atoms with Gasteiger partial charge in [-0.15, -0.1) is 0 Å². The van der Waals surface area contributed by atoms with Crippen LogP contribution in [0.15, 0.2) is 22.9 Å². The van der Waals surface area contributed by atoms with Crippen molar-refractivity contribution < 1.29 is 4.39 Å². The third kappa shape index (κ3) is 1.48. The van der Waals surface area contributed by atoms with Crippen molar-refractivity contribution in [2.24, 2.45) is 0 Å². The van der Waals surface area contributed by atoms with E-state index in [2.05, 4.69) is 20.9 Å². The molecule has 0 aliphatic rings. The minimum atomic E-state index is -0.464. The smallest absolute Gasteiger partial charge is 0.117 e. The number of pyridine rings is 1. The Labute approximate surface area is 61.0 Å². The normalized spacial score (nSPS) is 9.56. The molecule has 0 radical (unpaired) electrons. The lowest BCUT2D eigenvalue weighted by Crippen LogP contribution is -1.81. The van der Waals surface area contributed by atoms with Gasteiger partial charge in [-0.2, -0.15) is 0 Å². The molecular formula is C6H5BrFN. The highest BCUT2D eigenvalue weighted by Crippen LogP contribution is 2.14. The van der Waals surface area contributed by atoms with Crippen molar-refractivity contribution in [3.05, 3.63) is 28.5 Å². The maximum absolute atomic E-state index is 11.9. The molecule has 0 aliphatic heterocycles. The van der Waals surface area contributed by atoms with Gasteiger partial charge in [-0.3, -0.25) is 4.98 Å². The van der Waals surface area contributed by atoms with E-state index < -0.39 is 6.67 Å². The van der Waals surface area contributed by atoms with Gasteiger partial charge in [0, 0.05) is 22.4 Å². The maximum Gasteiger partial charge on any atom is 0.117 e. The summed E-state index contributed by atoms with van der Waals surface area (Å²) >= 11 is 3.18. The highest BCUT2D eigenvalue weighted by atomic mass is 79.9. The first-order chi connectivity index (χ1) is 4.34. The Hall–Kier alpha value is -0.440. The van der Waals surface area contributed by atoms with Gasteiger partial charge in [0.1, 0.15) is 6.67 Å². The quantitative estimate of drug-likeness (QED) is 0.662. The zero-order valence-electron chi connectivity index (χ0n) is 4.64. The molecule has 0 spiro atoms. The fourth-order valence-electron chi connectivity index (χ4n) is 0.509. The Kier molecular flexibility index (Phi) is 2.16. The molecule has 0 amide bonds. The van der Waals surface area contributed by atoms with Crippen LogP contribution in [0.5, 0.6) is 0 Å². The summed E-state index contributed by atoms with van der Waals surface area (Å²) in [5.41, 5.74) is 0.595. The van der Waals surface area contributed by atoms with Crippen LogP contribution in [0.1, 0.15) is 5.56 Å². The minimum Gasteiger partial charge on any atom is -0.264 e. The Morgan fingerprint density at radius 3 is 2.89 bits per heavy atom. The van der Waals surface area contributed by atoms with E-state index in [9.17, 15) is 4.39 Å². The number of hydrogen-bond donors (Lipinski definition) is 0. The number of rotatable bonds is 1. The van der Waals surface area contributed by atoms with Gasteiger partial charge in [-0.05, 0) is 6.07 Å². The lowest BCUT2D eigenvalue weighted by Gasteiger charge is -1.93. The van der Waals surface area contributed by atoms with E-state index >= 15 is 0 Å². The molecule has 3 heteroatoms. The van der Waals surface area contributed by atoms with Gasteiger partial charge in [-0.1, -0.05) is 15.9 Å². The molecule has 1 rings (SSSR count). The van der Waals surface area contributed by atoms with E-state index in [0.29, 0.717) is 5.56 Å². The second-order valence-corrected chi connectivity index (χ2v) is 2.46. The van der Waals surface area contributed by atoms with Crippen molar-refractivity contribution >= 4 is 15.9 Å². The minimum absolute atomic E-state index is 0.464. The van der Waals surface area contributed by atoms with Crippen LogP contribution in [-0.2, 0) is 6.67 Å². The molecule has 1 aromatic heterocycles. The fourth-order valence-corrected chi connectivity index (χ4v) is 0.835. The predicted molar refractivity (Wildman–Crippen MR) is 36.7 cm³/mol. The molecule has 0 aromatic carbocycles. The molecule has 9 heavy (non-hydrogen) atoms. The van der Waals surface area contributed by atoms with E-state index in [0.717, 1.165) is 4.47 Å². The number of aromatic nitrogens is 1. The average molecular weight is 190 g/mol. The predicted octanol–water partition coefficient (Wildman–Crippen LogP) is 2.31. The van der Waals surface area contributed by atoms with Crippen molar-refractivity contribution in [3.63, 3.8) is 0 Å². The van der Waals surface area contributed by atoms with E-state index in [-0.39, 0.29) is 0 Å². The third-order valence-electron chi connectivity index (χ3n) is 0.988. The zero-order chi connectivity index (χ0) is 6.69. The van der Waals surface area contributed by atoms with E-state index in [1.807, 2.05) is 0 Å². The summed E-state index contributed by atoms with van der Waals surface area (Å²) in [7, 11) is 0. The van der Waals surface area contributed by atoms with Gasteiger partial charge < -0.3 is 0 Å². The Bertz CT molecular complexity index is 202. The Morgan fingerprint density at radius 1 is 1.67 bits per heavy atom. The molecule has 1 nitrogen and oxygen atoms in total. The summed E-state index contributed by atoms with van der Waals surface area (Å²) in [5, 5.41) is 0. The number of halogens is 2. The van der Waals surface area contributed by atoms with Crippen molar-refractivity contribution in [1.82, 2.24) is 4.98 Å². The first-order valence-corrected chi connectivity index (χ1v) is 3.28. The van der Waals surface area contributed by atoms with E-state index in [4.69, 9.17) is 0 Å². The molecule has 48 valence electrons. The molecule has 1 heterocycles. The summed E-state index contributed by atoms with van der Waals surface area (Å²) in [6, 6.07) is 1.72. The number of nitrogens with zero attached hydrogens (tertiary/aromatic N) is 1. The molecule has 0 aliphatic carbocycles. The summed E-state index contributed by atoms with van der Waals surface area (Å²) in [6.45, 7) is -0.464. The molecule has 0 saturated heterocycles. The first kappa shape index (κ1) is 6.68. The van der Waals surface area contributed by atoms with Crippen LogP contribution in [-0.4, -0.2) is 4.98 Å². The molecular weight excluding hydrogens is 185 g/mol. The topological polar surface area (TPSA) is 12.9 Å². The second-order valence-electron chi connectivity index (χ2n) is 1.60. The van der Waals surface area contributed by atoms with Gasteiger partial charge >= 0.3 is 0 Å². The summed E-state index contributed by atoms with van der Waals surface area (Å²) in [6.07, 6.45) is 3.12. The maximum atomic E-state index is 11.9. The van der Waals surface area contributed by atoms with Crippen molar-refractivity contribution in [2.75, 3.05) is 0 Å². The Morgan fingerprint density at radius 2 is 2.44 bits per heavy atom. The highest BCUT2D eigenvalue weighted by Gasteiger charge is 1.94. The lowest BCUT2D eigenvalue weighted by atomic mass is 10.3. The second kappa shape index (κ2) is 2.92. The number of hydrogen-bond acceptors (Lipinski definition) is 1. The largest absolute Gasteiger partial charge is 0.264 e. The van der Waals surface area contributed by atoms with Gasteiger partial charge in [0.2, 0.25) is 0 Å². The van der Waals surface area contributed by atoms with Crippen LogP contribution < -0.4 is 0 Å². The Balaban J connectivity index is 3.01. The average Bonchev–Trinajstić information content (AvgIpc) is 1.89. The molecule has 1 aromatic rings. The van der Waals surface area contributed by atoms with Gasteiger partial charge in [-0.25, -0.2) is 4.39 Å². The molecule has 0 fully saturated rings. The molecule has 0 bridgehead atoms. The van der Waals surface area contributed by atoms with Crippen LogP contribution in [0.25, 0.3) is 0 Å². The van der Waals surface area contributed by atoms with Crippen LogP contribution in [0.2, 0.25) is 0 Å².